The first-order valence-electron chi connectivity index (χ1n) is 4.84. The molecule has 4 nitrogen and oxygen atoms in total. The quantitative estimate of drug-likeness (QED) is 0.871. The second-order valence-corrected chi connectivity index (χ2v) is 4.18. The fraction of sp³-hybridized carbons (Fsp3) is 0.750. The summed E-state index contributed by atoms with van der Waals surface area (Å²) in [6.45, 7) is 1.56. The Hall–Kier alpha value is -0.890. The lowest BCUT2D eigenvalue weighted by Gasteiger charge is -2.22. The van der Waals surface area contributed by atoms with Crippen LogP contribution in [0.25, 0.3) is 0 Å². The maximum atomic E-state index is 12.2. The van der Waals surface area contributed by atoms with Crippen LogP contribution in [0.2, 0.25) is 0 Å². The summed E-state index contributed by atoms with van der Waals surface area (Å²) in [4.78, 5) is 3.31. The first kappa shape index (κ1) is 11.6. The van der Waals surface area contributed by atoms with Crippen molar-refractivity contribution >= 4 is 11.5 Å². The molecule has 1 aromatic rings. The molecule has 0 saturated carbocycles. The van der Waals surface area contributed by atoms with Crippen molar-refractivity contribution in [2.75, 3.05) is 13.1 Å². The van der Waals surface area contributed by atoms with Gasteiger partial charge in [0.1, 0.15) is 6.10 Å². The van der Waals surface area contributed by atoms with E-state index < -0.39 is 12.0 Å². The number of nitrogens with one attached hydrogen (secondary N) is 1. The van der Waals surface area contributed by atoms with Crippen LogP contribution in [0.15, 0.2) is 0 Å². The topological polar surface area (TPSA) is 47.0 Å². The van der Waals surface area contributed by atoms with Gasteiger partial charge in [0, 0.05) is 18.1 Å². The molecule has 0 radical (unpaired) electrons. The molecule has 0 amide bonds. The van der Waals surface area contributed by atoms with E-state index in [0.29, 0.717) is 18.1 Å². The molecule has 1 atom stereocenters. The van der Waals surface area contributed by atoms with Crippen LogP contribution in [-0.4, -0.2) is 28.6 Å². The lowest BCUT2D eigenvalue weighted by atomic mass is 10.1. The van der Waals surface area contributed by atoms with Crippen molar-refractivity contribution in [3.63, 3.8) is 0 Å². The SMILES string of the molecule is FC(F)(F)c1nsc(OC2CCCNC2)n1. The van der Waals surface area contributed by atoms with Gasteiger partial charge in [-0.2, -0.15) is 22.5 Å². The Kier molecular flexibility index (Phi) is 3.29. The average molecular weight is 253 g/mol. The van der Waals surface area contributed by atoms with Gasteiger partial charge >= 0.3 is 6.18 Å². The van der Waals surface area contributed by atoms with Crippen molar-refractivity contribution in [2.45, 2.75) is 25.1 Å². The minimum atomic E-state index is -4.50. The Morgan fingerprint density at radius 2 is 2.25 bits per heavy atom. The van der Waals surface area contributed by atoms with Crippen LogP contribution >= 0.6 is 11.5 Å². The summed E-state index contributed by atoms with van der Waals surface area (Å²) < 4.78 is 45.1. The number of ether oxygens (including phenoxy) is 1. The maximum absolute atomic E-state index is 12.2. The number of hydrogen-bond acceptors (Lipinski definition) is 5. The number of nitrogens with zero attached hydrogens (tertiary/aromatic N) is 2. The summed E-state index contributed by atoms with van der Waals surface area (Å²) in [7, 11) is 0. The van der Waals surface area contributed by atoms with Gasteiger partial charge in [-0.25, -0.2) is 0 Å². The minimum Gasteiger partial charge on any atom is -0.464 e. The van der Waals surface area contributed by atoms with Crippen LogP contribution in [0.1, 0.15) is 18.7 Å². The van der Waals surface area contributed by atoms with E-state index in [2.05, 4.69) is 14.7 Å². The molecule has 1 aromatic heterocycles. The zero-order chi connectivity index (χ0) is 11.6. The van der Waals surface area contributed by atoms with Crippen molar-refractivity contribution in [1.82, 2.24) is 14.7 Å². The molecule has 90 valence electrons. The predicted molar refractivity (Wildman–Crippen MR) is 51.4 cm³/mol. The highest BCUT2D eigenvalue weighted by atomic mass is 32.1. The molecule has 1 N–H and O–H groups in total. The molecule has 16 heavy (non-hydrogen) atoms. The minimum absolute atomic E-state index is 0.0129. The van der Waals surface area contributed by atoms with E-state index >= 15 is 0 Å². The van der Waals surface area contributed by atoms with Crippen LogP contribution < -0.4 is 10.1 Å². The van der Waals surface area contributed by atoms with E-state index in [1.807, 2.05) is 0 Å². The predicted octanol–water partition coefficient (Wildman–Crippen LogP) is 1.69. The highest BCUT2D eigenvalue weighted by molar-refractivity contribution is 7.07. The van der Waals surface area contributed by atoms with Gasteiger partial charge in [0.05, 0.1) is 0 Å². The molecular weight excluding hydrogens is 243 g/mol. The third kappa shape index (κ3) is 2.82. The largest absolute Gasteiger partial charge is 0.464 e. The molecule has 2 heterocycles. The van der Waals surface area contributed by atoms with E-state index in [4.69, 9.17) is 4.74 Å². The van der Waals surface area contributed by atoms with Crippen molar-refractivity contribution in [3.8, 4) is 5.19 Å². The fourth-order valence-corrected chi connectivity index (χ4v) is 2.05. The van der Waals surface area contributed by atoms with Crippen LogP contribution in [0.4, 0.5) is 13.2 Å². The number of aromatic nitrogens is 2. The summed E-state index contributed by atoms with van der Waals surface area (Å²) in [5.41, 5.74) is 0. The molecule has 0 spiro atoms. The number of alkyl halides is 3. The average Bonchev–Trinajstić information content (AvgIpc) is 2.67. The van der Waals surface area contributed by atoms with Gasteiger partial charge in [-0.1, -0.05) is 0 Å². The van der Waals surface area contributed by atoms with Gasteiger partial charge in [-0.05, 0) is 19.4 Å². The zero-order valence-corrected chi connectivity index (χ0v) is 9.07. The fourth-order valence-electron chi connectivity index (χ4n) is 1.44. The van der Waals surface area contributed by atoms with Crippen LogP contribution in [0.3, 0.4) is 0 Å². The smallest absolute Gasteiger partial charge is 0.452 e. The number of halogens is 3. The molecule has 0 aromatic carbocycles. The zero-order valence-electron chi connectivity index (χ0n) is 8.25. The molecule has 0 aliphatic carbocycles. The monoisotopic (exact) mass is 253 g/mol. The molecular formula is C8H10F3N3OS. The summed E-state index contributed by atoms with van der Waals surface area (Å²) in [5, 5.41) is 3.09. The first-order valence-corrected chi connectivity index (χ1v) is 5.61. The van der Waals surface area contributed by atoms with Gasteiger partial charge in [-0.15, -0.1) is 0 Å². The highest BCUT2D eigenvalue weighted by Gasteiger charge is 2.36. The number of piperidine rings is 1. The normalized spacial score (nSPS) is 22.1. The van der Waals surface area contributed by atoms with E-state index in [-0.39, 0.29) is 11.3 Å². The molecule has 1 aliphatic heterocycles. The second kappa shape index (κ2) is 4.54. The Labute approximate surface area is 94.0 Å². The van der Waals surface area contributed by atoms with Gasteiger partial charge in [0.2, 0.25) is 0 Å². The van der Waals surface area contributed by atoms with Crippen molar-refractivity contribution in [3.05, 3.63) is 5.82 Å². The molecule has 1 saturated heterocycles. The first-order chi connectivity index (χ1) is 7.55. The van der Waals surface area contributed by atoms with Crippen LogP contribution in [-0.2, 0) is 6.18 Å². The lowest BCUT2D eigenvalue weighted by Crippen LogP contribution is -2.37. The maximum Gasteiger partial charge on any atom is 0.452 e. The van der Waals surface area contributed by atoms with E-state index in [9.17, 15) is 13.2 Å². The van der Waals surface area contributed by atoms with Crippen molar-refractivity contribution in [1.29, 1.82) is 0 Å². The Morgan fingerprint density at radius 3 is 2.81 bits per heavy atom. The van der Waals surface area contributed by atoms with E-state index in [0.717, 1.165) is 19.4 Å². The van der Waals surface area contributed by atoms with Crippen molar-refractivity contribution < 1.29 is 17.9 Å². The third-order valence-electron chi connectivity index (χ3n) is 2.18. The van der Waals surface area contributed by atoms with E-state index in [1.54, 1.807) is 0 Å². The van der Waals surface area contributed by atoms with Crippen LogP contribution in [0.5, 0.6) is 5.19 Å². The Balaban J connectivity index is 1.97. The molecule has 0 bridgehead atoms. The summed E-state index contributed by atoms with van der Waals surface area (Å²) >= 11 is 0.639. The van der Waals surface area contributed by atoms with Gasteiger partial charge < -0.3 is 10.1 Å². The molecule has 2 rings (SSSR count). The Bertz CT molecular complexity index is 349. The summed E-state index contributed by atoms with van der Waals surface area (Å²) in [6.07, 6.45) is -2.82. The van der Waals surface area contributed by atoms with E-state index in [1.165, 1.54) is 0 Å². The standard InChI is InChI=1S/C8H10F3N3OS/c9-8(10,11)6-13-7(16-14-6)15-5-2-1-3-12-4-5/h5,12H,1-4H2. The number of rotatable bonds is 2. The van der Waals surface area contributed by atoms with Gasteiger partial charge in [0.25, 0.3) is 11.0 Å². The molecule has 1 fully saturated rings. The van der Waals surface area contributed by atoms with Gasteiger partial charge in [0.15, 0.2) is 0 Å². The van der Waals surface area contributed by atoms with Crippen LogP contribution in [0, 0.1) is 0 Å². The molecule has 1 aliphatic rings. The lowest BCUT2D eigenvalue weighted by molar-refractivity contribution is -0.144. The third-order valence-corrected chi connectivity index (χ3v) is 2.79. The number of hydrogen-bond donors (Lipinski definition) is 1. The van der Waals surface area contributed by atoms with Crippen molar-refractivity contribution in [2.24, 2.45) is 0 Å². The summed E-state index contributed by atoms with van der Waals surface area (Å²) in [6, 6.07) is 0. The summed E-state index contributed by atoms with van der Waals surface area (Å²) in [5.74, 6) is -1.13. The second-order valence-electron chi connectivity index (χ2n) is 3.47. The van der Waals surface area contributed by atoms with Gasteiger partial charge in [-0.3, -0.25) is 0 Å². The molecule has 1 unspecified atom stereocenters. The Morgan fingerprint density at radius 1 is 1.44 bits per heavy atom. The molecule has 8 heteroatoms. The highest BCUT2D eigenvalue weighted by Crippen LogP contribution is 2.30.